The number of rotatable bonds is 4. The maximum absolute atomic E-state index is 10.5. The molecule has 0 saturated heterocycles. The molecule has 1 rings (SSSR count). The summed E-state index contributed by atoms with van der Waals surface area (Å²) in [7, 11) is 0. The first-order chi connectivity index (χ1) is 7.02. The minimum atomic E-state index is -2.44. The molecule has 0 aliphatic heterocycles. The molecule has 7 nitrogen and oxygen atoms in total. The molecule has 8 heteroatoms. The molecule has 0 aliphatic rings. The summed E-state index contributed by atoms with van der Waals surface area (Å²) in [6.45, 7) is 0. The maximum atomic E-state index is 10.5. The van der Waals surface area contributed by atoms with Crippen LogP contribution in [-0.4, -0.2) is 18.8 Å². The average Bonchev–Trinajstić information content (AvgIpc) is 2.16. The number of nitro benzene ring substituents is 1. The van der Waals surface area contributed by atoms with E-state index in [1.807, 2.05) is 4.72 Å². The first kappa shape index (κ1) is 11.7. The zero-order valence-corrected chi connectivity index (χ0v) is 8.18. The summed E-state index contributed by atoms with van der Waals surface area (Å²) in [6, 6.07) is 5.40. The van der Waals surface area contributed by atoms with Gasteiger partial charge in [0.25, 0.3) is 5.69 Å². The number of aliphatic hydroxyl groups is 1. The summed E-state index contributed by atoms with van der Waals surface area (Å²) in [5, 5.41) is 19.9. The van der Waals surface area contributed by atoms with Gasteiger partial charge in [-0.1, -0.05) is 12.1 Å². The Morgan fingerprint density at radius 2 is 2.07 bits per heavy atom. The van der Waals surface area contributed by atoms with Crippen molar-refractivity contribution in [1.82, 2.24) is 4.72 Å². The van der Waals surface area contributed by atoms with Gasteiger partial charge >= 0.3 is 0 Å². The molecule has 0 aliphatic carbocycles. The van der Waals surface area contributed by atoms with Gasteiger partial charge in [-0.25, -0.2) is 4.21 Å². The number of nitrogens with zero attached hydrogens (tertiary/aromatic N) is 1. The van der Waals surface area contributed by atoms with Gasteiger partial charge in [0.2, 0.25) is 11.3 Å². The van der Waals surface area contributed by atoms with Crippen molar-refractivity contribution in [2.45, 2.75) is 6.23 Å². The molecule has 2 unspecified atom stereocenters. The molecule has 15 heavy (non-hydrogen) atoms. The quantitative estimate of drug-likeness (QED) is 0.299. The Hall–Kier alpha value is -1.35. The van der Waals surface area contributed by atoms with Gasteiger partial charge in [0.05, 0.1) is 10.5 Å². The van der Waals surface area contributed by atoms with Gasteiger partial charge in [-0.05, 0) is 6.07 Å². The summed E-state index contributed by atoms with van der Waals surface area (Å²) in [6.07, 6.45) is -1.56. The topological polar surface area (TPSA) is 113 Å². The predicted molar refractivity (Wildman–Crippen MR) is 52.0 cm³/mol. The number of hydrogen-bond donors (Lipinski definition) is 3. The third-order valence-corrected chi connectivity index (χ3v) is 2.07. The van der Waals surface area contributed by atoms with Crippen LogP contribution in [0.4, 0.5) is 5.69 Å². The Labute approximate surface area is 87.3 Å². The molecular formula is C7H8N2O5S. The molecular weight excluding hydrogens is 224 g/mol. The van der Waals surface area contributed by atoms with E-state index >= 15 is 0 Å². The molecule has 0 heterocycles. The van der Waals surface area contributed by atoms with Crippen LogP contribution in [-0.2, 0) is 11.3 Å². The van der Waals surface area contributed by atoms with Crippen molar-refractivity contribution in [2.24, 2.45) is 0 Å². The van der Waals surface area contributed by atoms with Crippen molar-refractivity contribution in [3.63, 3.8) is 0 Å². The lowest BCUT2D eigenvalue weighted by Gasteiger charge is -2.09. The third-order valence-electron chi connectivity index (χ3n) is 1.64. The van der Waals surface area contributed by atoms with E-state index in [-0.39, 0.29) is 11.3 Å². The first-order valence-corrected chi connectivity index (χ1v) is 4.91. The van der Waals surface area contributed by atoms with Crippen molar-refractivity contribution in [3.8, 4) is 0 Å². The number of para-hydroxylation sites is 1. The number of nitrogens with one attached hydrogen (secondary N) is 1. The van der Waals surface area contributed by atoms with E-state index in [4.69, 9.17) is 4.55 Å². The van der Waals surface area contributed by atoms with E-state index in [1.54, 1.807) is 0 Å². The number of benzene rings is 1. The fraction of sp³-hybridized carbons (Fsp3) is 0.143. The SMILES string of the molecule is O=[N+]([O-])c1ccccc1C(O)NS(=O)O. The Morgan fingerprint density at radius 1 is 1.47 bits per heavy atom. The molecule has 0 aromatic heterocycles. The lowest BCUT2D eigenvalue weighted by Crippen LogP contribution is -2.23. The lowest BCUT2D eigenvalue weighted by molar-refractivity contribution is -0.386. The normalized spacial score (nSPS) is 14.5. The summed E-state index contributed by atoms with van der Waals surface area (Å²) < 4.78 is 20.6. The highest BCUT2D eigenvalue weighted by Crippen LogP contribution is 2.22. The van der Waals surface area contributed by atoms with Crippen LogP contribution in [0.5, 0.6) is 0 Å². The van der Waals surface area contributed by atoms with Crippen LogP contribution < -0.4 is 4.72 Å². The van der Waals surface area contributed by atoms with Crippen LogP contribution in [0.25, 0.3) is 0 Å². The largest absolute Gasteiger partial charge is 0.373 e. The highest BCUT2D eigenvalue weighted by Gasteiger charge is 2.20. The summed E-state index contributed by atoms with van der Waals surface area (Å²) in [4.78, 5) is 9.86. The molecule has 3 N–H and O–H groups in total. The minimum Gasteiger partial charge on any atom is -0.373 e. The van der Waals surface area contributed by atoms with E-state index in [0.29, 0.717) is 0 Å². The first-order valence-electron chi connectivity index (χ1n) is 3.81. The smallest absolute Gasteiger partial charge is 0.276 e. The van der Waals surface area contributed by atoms with E-state index in [2.05, 4.69) is 0 Å². The second-order valence-corrected chi connectivity index (χ2v) is 3.32. The van der Waals surface area contributed by atoms with E-state index in [9.17, 15) is 19.4 Å². The van der Waals surface area contributed by atoms with Gasteiger partial charge in [-0.15, -0.1) is 0 Å². The fourth-order valence-corrected chi connectivity index (χ4v) is 1.36. The van der Waals surface area contributed by atoms with Crippen LogP contribution >= 0.6 is 0 Å². The molecule has 1 aromatic carbocycles. The zero-order valence-electron chi connectivity index (χ0n) is 7.36. The van der Waals surface area contributed by atoms with E-state index in [1.165, 1.54) is 24.3 Å². The van der Waals surface area contributed by atoms with Crippen molar-refractivity contribution in [1.29, 1.82) is 0 Å². The number of hydrogen-bond acceptors (Lipinski definition) is 4. The lowest BCUT2D eigenvalue weighted by atomic mass is 10.1. The van der Waals surface area contributed by atoms with Crippen molar-refractivity contribution < 1.29 is 18.8 Å². The summed E-state index contributed by atoms with van der Waals surface area (Å²) in [5.41, 5.74) is -0.382. The summed E-state index contributed by atoms with van der Waals surface area (Å²) in [5.74, 6) is 0. The predicted octanol–water partition coefficient (Wildman–Crippen LogP) is 0.312. The molecule has 82 valence electrons. The monoisotopic (exact) mass is 232 g/mol. The molecule has 1 aromatic rings. The number of aliphatic hydroxyl groups excluding tert-OH is 1. The van der Waals surface area contributed by atoms with Gasteiger partial charge in [0, 0.05) is 6.07 Å². The van der Waals surface area contributed by atoms with Crippen molar-refractivity contribution in [2.75, 3.05) is 0 Å². The number of nitro groups is 1. The zero-order chi connectivity index (χ0) is 11.4. The molecule has 0 amide bonds. The van der Waals surface area contributed by atoms with E-state index in [0.717, 1.165) is 0 Å². The standard InChI is InChI=1S/C7H8N2O5S/c10-7(8-15(13)14)5-3-1-2-4-6(5)9(11)12/h1-4,7-8,10H,(H,13,14). The van der Waals surface area contributed by atoms with Crippen LogP contribution in [0.1, 0.15) is 11.8 Å². The highest BCUT2D eigenvalue weighted by atomic mass is 32.2. The molecule has 0 bridgehead atoms. The Bertz CT molecular complexity index is 397. The average molecular weight is 232 g/mol. The van der Waals surface area contributed by atoms with Crippen molar-refractivity contribution in [3.05, 3.63) is 39.9 Å². The van der Waals surface area contributed by atoms with Crippen LogP contribution in [0.3, 0.4) is 0 Å². The van der Waals surface area contributed by atoms with Crippen LogP contribution in [0.2, 0.25) is 0 Å². The van der Waals surface area contributed by atoms with E-state index < -0.39 is 22.4 Å². The third kappa shape index (κ3) is 3.06. The maximum Gasteiger partial charge on any atom is 0.276 e. The molecule has 0 spiro atoms. The molecule has 0 fully saturated rings. The van der Waals surface area contributed by atoms with Gasteiger partial charge in [-0.2, -0.15) is 4.72 Å². The second kappa shape index (κ2) is 4.94. The fourth-order valence-electron chi connectivity index (χ4n) is 1.04. The Kier molecular flexibility index (Phi) is 3.86. The van der Waals surface area contributed by atoms with Crippen LogP contribution in [0.15, 0.2) is 24.3 Å². The molecule has 0 radical (unpaired) electrons. The molecule has 2 atom stereocenters. The van der Waals surface area contributed by atoms with Crippen molar-refractivity contribution >= 4 is 17.0 Å². The summed E-state index contributed by atoms with van der Waals surface area (Å²) >= 11 is -2.44. The second-order valence-electron chi connectivity index (χ2n) is 2.59. The van der Waals surface area contributed by atoms with Gasteiger partial charge < -0.3 is 5.11 Å². The Morgan fingerprint density at radius 3 is 2.60 bits per heavy atom. The minimum absolute atomic E-state index is 0.0649. The Balaban J connectivity index is 3.02. The van der Waals surface area contributed by atoms with Gasteiger partial charge in [0.15, 0.2) is 0 Å². The highest BCUT2D eigenvalue weighted by molar-refractivity contribution is 7.77. The van der Waals surface area contributed by atoms with Gasteiger partial charge in [-0.3, -0.25) is 14.7 Å². The van der Waals surface area contributed by atoms with Crippen LogP contribution in [0, 0.1) is 10.1 Å². The van der Waals surface area contributed by atoms with Gasteiger partial charge in [0.1, 0.15) is 6.23 Å². The molecule has 0 saturated carbocycles.